The lowest BCUT2D eigenvalue weighted by Gasteiger charge is -2.30. The number of methoxy groups -OCH3 is 1. The Morgan fingerprint density at radius 2 is 2.40 bits per heavy atom. The Balaban J connectivity index is 2.07. The van der Waals surface area contributed by atoms with Gasteiger partial charge in [0.15, 0.2) is 5.16 Å². The summed E-state index contributed by atoms with van der Waals surface area (Å²) in [5.41, 5.74) is -0.536. The van der Waals surface area contributed by atoms with Crippen molar-refractivity contribution in [1.29, 1.82) is 0 Å². The van der Waals surface area contributed by atoms with Gasteiger partial charge in [-0.2, -0.15) is 0 Å². The number of aryl methyl sites for hydroxylation is 1. The van der Waals surface area contributed by atoms with Crippen LogP contribution in [0.3, 0.4) is 0 Å². The molecule has 1 fully saturated rings. The number of hydrogen-bond donors (Lipinski definition) is 1. The Kier molecular flexibility index (Phi) is 4.75. The van der Waals surface area contributed by atoms with Crippen molar-refractivity contribution in [1.82, 2.24) is 14.9 Å². The summed E-state index contributed by atoms with van der Waals surface area (Å²) in [5, 5.41) is 4.81. The zero-order chi connectivity index (χ0) is 14.8. The zero-order valence-corrected chi connectivity index (χ0v) is 13.4. The Morgan fingerprint density at radius 3 is 2.95 bits per heavy atom. The highest BCUT2D eigenvalue weighted by molar-refractivity contribution is 7.99. The molecule has 1 aromatic heterocycles. The van der Waals surface area contributed by atoms with Gasteiger partial charge in [0.1, 0.15) is 5.54 Å². The molecule has 1 saturated carbocycles. The molecule has 1 aromatic rings. The van der Waals surface area contributed by atoms with Crippen molar-refractivity contribution in [3.05, 3.63) is 12.4 Å². The molecule has 1 aliphatic carbocycles. The monoisotopic (exact) mass is 297 g/mol. The number of nitrogens with one attached hydrogen (secondary N) is 1. The molecule has 0 aromatic carbocycles. The highest BCUT2D eigenvalue weighted by Crippen LogP contribution is 2.40. The van der Waals surface area contributed by atoms with E-state index in [0.29, 0.717) is 5.25 Å². The summed E-state index contributed by atoms with van der Waals surface area (Å²) in [7, 11) is 3.45. The molecule has 0 aliphatic heterocycles. The first kappa shape index (κ1) is 15.4. The van der Waals surface area contributed by atoms with Crippen LogP contribution in [0.5, 0.6) is 0 Å². The van der Waals surface area contributed by atoms with Crippen molar-refractivity contribution in [3.8, 4) is 0 Å². The summed E-state index contributed by atoms with van der Waals surface area (Å²) in [6.07, 6.45) is 6.34. The summed E-state index contributed by atoms with van der Waals surface area (Å²) in [5.74, 6) is -0.144. The van der Waals surface area contributed by atoms with Crippen LogP contribution < -0.4 is 5.32 Å². The van der Waals surface area contributed by atoms with Gasteiger partial charge in [0.2, 0.25) is 0 Å². The van der Waals surface area contributed by atoms with Gasteiger partial charge in [-0.05, 0) is 33.1 Å². The fourth-order valence-corrected chi connectivity index (χ4v) is 4.09. The molecule has 2 rings (SSSR count). The van der Waals surface area contributed by atoms with Crippen LogP contribution in [0, 0.1) is 0 Å². The van der Waals surface area contributed by atoms with Crippen LogP contribution in [0.1, 0.15) is 33.1 Å². The topological polar surface area (TPSA) is 56.1 Å². The first-order valence-electron chi connectivity index (χ1n) is 6.97. The Labute approximate surface area is 124 Å². The lowest BCUT2D eigenvalue weighted by atomic mass is 9.97. The summed E-state index contributed by atoms with van der Waals surface area (Å²) < 4.78 is 7.03. The summed E-state index contributed by atoms with van der Waals surface area (Å²) in [6, 6.07) is 0.256. The minimum atomic E-state index is -0.536. The number of hydrogen-bond acceptors (Lipinski definition) is 5. The molecule has 0 saturated heterocycles. The quantitative estimate of drug-likeness (QED) is 0.842. The number of ether oxygens (including phenoxy) is 1. The smallest absolute Gasteiger partial charge is 0.326 e. The van der Waals surface area contributed by atoms with Gasteiger partial charge in [0, 0.05) is 30.7 Å². The van der Waals surface area contributed by atoms with Crippen LogP contribution >= 0.6 is 11.8 Å². The maximum absolute atomic E-state index is 12.2. The van der Waals surface area contributed by atoms with E-state index in [0.717, 1.165) is 24.4 Å². The van der Waals surface area contributed by atoms with E-state index in [1.165, 1.54) is 7.11 Å². The molecule has 0 amide bonds. The van der Waals surface area contributed by atoms with E-state index in [4.69, 9.17) is 4.74 Å². The predicted octanol–water partition coefficient (Wildman–Crippen LogP) is 1.97. The molecule has 5 nitrogen and oxygen atoms in total. The number of aromatic nitrogens is 2. The number of thioether (sulfide) groups is 1. The number of carbonyl (C=O) groups is 1. The van der Waals surface area contributed by atoms with Gasteiger partial charge in [-0.3, -0.25) is 10.1 Å². The van der Waals surface area contributed by atoms with Gasteiger partial charge in [-0.1, -0.05) is 11.8 Å². The van der Waals surface area contributed by atoms with Gasteiger partial charge in [0.25, 0.3) is 0 Å². The molecule has 112 valence electrons. The number of esters is 1. The zero-order valence-electron chi connectivity index (χ0n) is 12.5. The summed E-state index contributed by atoms with van der Waals surface area (Å²) in [6.45, 7) is 4.12. The second-order valence-corrected chi connectivity index (χ2v) is 6.94. The van der Waals surface area contributed by atoms with Crippen LogP contribution in [0.15, 0.2) is 17.6 Å². The van der Waals surface area contributed by atoms with E-state index in [9.17, 15) is 4.79 Å². The standard InChI is InChI=1S/C14H23N3O2S/c1-10(2)16-14(12(18)19-4)6-5-11(9-14)20-13-15-7-8-17(13)3/h7-8,10-11,16H,5-6,9H2,1-4H3. The summed E-state index contributed by atoms with van der Waals surface area (Å²) in [4.78, 5) is 16.5. The Hall–Kier alpha value is -1.01. The van der Waals surface area contributed by atoms with Crippen LogP contribution in [-0.4, -0.2) is 39.5 Å². The largest absolute Gasteiger partial charge is 0.468 e. The molecule has 0 spiro atoms. The van der Waals surface area contributed by atoms with Crippen molar-refractivity contribution >= 4 is 17.7 Å². The van der Waals surface area contributed by atoms with E-state index in [1.807, 2.05) is 17.8 Å². The maximum atomic E-state index is 12.2. The number of carbonyl (C=O) groups excluding carboxylic acids is 1. The average molecular weight is 297 g/mol. The van der Waals surface area contributed by atoms with Crippen LogP contribution in [-0.2, 0) is 16.6 Å². The molecule has 20 heavy (non-hydrogen) atoms. The Bertz CT molecular complexity index is 475. The molecule has 0 radical (unpaired) electrons. The third kappa shape index (κ3) is 3.17. The highest BCUT2D eigenvalue weighted by atomic mass is 32.2. The molecule has 0 bridgehead atoms. The third-order valence-electron chi connectivity index (χ3n) is 3.66. The van der Waals surface area contributed by atoms with E-state index >= 15 is 0 Å². The normalized spacial score (nSPS) is 26.1. The maximum Gasteiger partial charge on any atom is 0.326 e. The van der Waals surface area contributed by atoms with Crippen molar-refractivity contribution in [2.24, 2.45) is 7.05 Å². The summed E-state index contributed by atoms with van der Waals surface area (Å²) >= 11 is 1.75. The van der Waals surface area contributed by atoms with Crippen molar-refractivity contribution in [2.75, 3.05) is 7.11 Å². The van der Waals surface area contributed by atoms with Crippen molar-refractivity contribution in [3.63, 3.8) is 0 Å². The van der Waals surface area contributed by atoms with E-state index in [-0.39, 0.29) is 12.0 Å². The minimum Gasteiger partial charge on any atom is -0.468 e. The molecule has 1 aliphatic rings. The second-order valence-electron chi connectivity index (χ2n) is 5.68. The second kappa shape index (κ2) is 6.18. The SMILES string of the molecule is COC(=O)C1(NC(C)C)CCC(Sc2nccn2C)C1. The predicted molar refractivity (Wildman–Crippen MR) is 79.7 cm³/mol. The fraction of sp³-hybridized carbons (Fsp3) is 0.714. The molecular formula is C14H23N3O2S. The van der Waals surface area contributed by atoms with Gasteiger partial charge in [-0.15, -0.1) is 0 Å². The fourth-order valence-electron chi connectivity index (χ4n) is 2.84. The first-order valence-corrected chi connectivity index (χ1v) is 7.85. The Morgan fingerprint density at radius 1 is 1.65 bits per heavy atom. The van der Waals surface area contributed by atoms with Crippen LogP contribution in [0.2, 0.25) is 0 Å². The van der Waals surface area contributed by atoms with E-state index in [2.05, 4.69) is 24.1 Å². The molecule has 1 N–H and O–H groups in total. The lowest BCUT2D eigenvalue weighted by molar-refractivity contribution is -0.148. The molecule has 1 heterocycles. The lowest BCUT2D eigenvalue weighted by Crippen LogP contribution is -2.53. The van der Waals surface area contributed by atoms with Crippen LogP contribution in [0.25, 0.3) is 0 Å². The van der Waals surface area contributed by atoms with E-state index < -0.39 is 5.54 Å². The van der Waals surface area contributed by atoms with Crippen molar-refractivity contribution in [2.45, 2.75) is 55.1 Å². The molecule has 2 atom stereocenters. The minimum absolute atomic E-state index is 0.144. The van der Waals surface area contributed by atoms with Gasteiger partial charge in [0.05, 0.1) is 7.11 Å². The van der Waals surface area contributed by atoms with Gasteiger partial charge in [-0.25, -0.2) is 4.98 Å². The first-order chi connectivity index (χ1) is 9.47. The third-order valence-corrected chi connectivity index (χ3v) is 5.00. The van der Waals surface area contributed by atoms with Crippen molar-refractivity contribution < 1.29 is 9.53 Å². The number of imidazole rings is 1. The molecule has 6 heteroatoms. The highest BCUT2D eigenvalue weighted by Gasteiger charge is 2.47. The van der Waals surface area contributed by atoms with Gasteiger partial charge < -0.3 is 9.30 Å². The molecule has 2 unspecified atom stereocenters. The van der Waals surface area contributed by atoms with Crippen LogP contribution in [0.4, 0.5) is 0 Å². The number of rotatable bonds is 5. The number of nitrogens with zero attached hydrogens (tertiary/aromatic N) is 2. The van der Waals surface area contributed by atoms with E-state index in [1.54, 1.807) is 18.0 Å². The van der Waals surface area contributed by atoms with Gasteiger partial charge >= 0.3 is 5.97 Å². The average Bonchev–Trinajstić information content (AvgIpc) is 2.97. The molecular weight excluding hydrogens is 274 g/mol.